The van der Waals surface area contributed by atoms with Gasteiger partial charge in [0.15, 0.2) is 5.78 Å². The molecule has 0 amide bonds. The van der Waals surface area contributed by atoms with E-state index in [1.807, 2.05) is 42.5 Å². The van der Waals surface area contributed by atoms with Crippen LogP contribution in [0.1, 0.15) is 24.3 Å². The summed E-state index contributed by atoms with van der Waals surface area (Å²) in [5.41, 5.74) is 0.554. The first kappa shape index (κ1) is 17.8. The molecule has 0 N–H and O–H groups in total. The van der Waals surface area contributed by atoms with Crippen LogP contribution in [0, 0.1) is 0 Å². The lowest BCUT2D eigenvalue weighted by Gasteiger charge is -2.00. The topological polar surface area (TPSA) is 59.9 Å². The number of carbonyl (C=O) groups excluding carboxylic acids is 2. The van der Waals surface area contributed by atoms with E-state index in [2.05, 4.69) is 9.97 Å². The van der Waals surface area contributed by atoms with Gasteiger partial charge < -0.3 is 0 Å². The summed E-state index contributed by atoms with van der Waals surface area (Å²) in [5, 5.41) is 1.99. The number of aromatic nitrogens is 2. The minimum Gasteiger partial charge on any atom is -0.299 e. The number of hydrogen-bond acceptors (Lipinski definition) is 5. The maximum absolute atomic E-state index is 11.2. The van der Waals surface area contributed by atoms with Gasteiger partial charge in [-0.3, -0.25) is 19.6 Å². The van der Waals surface area contributed by atoms with Crippen molar-refractivity contribution in [3.8, 4) is 0 Å². The van der Waals surface area contributed by atoms with Gasteiger partial charge in [0.1, 0.15) is 11.5 Å². The van der Waals surface area contributed by atoms with E-state index in [1.165, 1.54) is 18.7 Å². The number of fused-ring (bicyclic) bond motifs is 1. The van der Waals surface area contributed by atoms with Crippen LogP contribution in [-0.2, 0) is 4.79 Å². The second-order valence-corrected chi connectivity index (χ2v) is 6.16. The lowest BCUT2D eigenvalue weighted by Crippen LogP contribution is -1.96. The number of ketones is 2. The van der Waals surface area contributed by atoms with E-state index in [4.69, 9.17) is 0 Å². The quantitative estimate of drug-likeness (QED) is 0.527. The first-order valence-electron chi connectivity index (χ1n) is 7.45. The summed E-state index contributed by atoms with van der Waals surface area (Å²) >= 11 is 1.54. The largest absolute Gasteiger partial charge is 0.299 e. The number of Topliss-reactive ketones (excluding diaryl/α,β-unsaturated/α-hetero) is 2. The Kier molecular flexibility index (Phi) is 6.63. The monoisotopic (exact) mass is 338 g/mol. The van der Waals surface area contributed by atoms with Crippen molar-refractivity contribution in [3.63, 3.8) is 0 Å². The molecule has 122 valence electrons. The van der Waals surface area contributed by atoms with Gasteiger partial charge in [0, 0.05) is 35.8 Å². The third kappa shape index (κ3) is 5.28. The summed E-state index contributed by atoms with van der Waals surface area (Å²) in [7, 11) is 0. The van der Waals surface area contributed by atoms with Crippen LogP contribution in [0.2, 0.25) is 0 Å². The molecule has 0 aliphatic heterocycles. The molecule has 0 atom stereocenters. The third-order valence-corrected chi connectivity index (χ3v) is 4.26. The number of hydrogen-bond donors (Lipinski definition) is 0. The smallest absolute Gasteiger partial charge is 0.178 e. The zero-order valence-corrected chi connectivity index (χ0v) is 14.4. The average Bonchev–Trinajstić information content (AvgIpc) is 2.61. The average molecular weight is 338 g/mol. The predicted molar refractivity (Wildman–Crippen MR) is 97.4 cm³/mol. The molecule has 0 bridgehead atoms. The Morgan fingerprint density at radius 2 is 1.67 bits per heavy atom. The fourth-order valence-electron chi connectivity index (χ4n) is 2.02. The maximum Gasteiger partial charge on any atom is 0.178 e. The molecule has 1 aromatic carbocycles. The third-order valence-electron chi connectivity index (χ3n) is 3.10. The zero-order chi connectivity index (χ0) is 17.4. The van der Waals surface area contributed by atoms with Crippen molar-refractivity contribution in [2.75, 3.05) is 5.75 Å². The van der Waals surface area contributed by atoms with Crippen LogP contribution in [0.15, 0.2) is 66.0 Å². The number of pyridine rings is 2. The Morgan fingerprint density at radius 1 is 0.958 bits per heavy atom. The summed E-state index contributed by atoms with van der Waals surface area (Å²) in [4.78, 5) is 30.8. The van der Waals surface area contributed by atoms with Crippen molar-refractivity contribution in [1.82, 2.24) is 9.97 Å². The van der Waals surface area contributed by atoms with Crippen LogP contribution in [0.4, 0.5) is 0 Å². The maximum atomic E-state index is 11.2. The molecule has 3 rings (SSSR count). The van der Waals surface area contributed by atoms with Gasteiger partial charge in [-0.05, 0) is 30.5 Å². The van der Waals surface area contributed by atoms with Gasteiger partial charge in [0.2, 0.25) is 0 Å². The van der Waals surface area contributed by atoms with Gasteiger partial charge in [-0.2, -0.15) is 0 Å². The van der Waals surface area contributed by atoms with Crippen molar-refractivity contribution in [1.29, 1.82) is 0 Å². The molecule has 0 saturated heterocycles. The first-order chi connectivity index (χ1) is 11.6. The normalized spacial score (nSPS) is 9.92. The minimum atomic E-state index is 0.0109. The van der Waals surface area contributed by atoms with Crippen LogP contribution in [0.5, 0.6) is 0 Å². The Hall–Kier alpha value is -2.53. The molecule has 4 nitrogen and oxygen atoms in total. The second-order valence-electron chi connectivity index (χ2n) is 5.11. The van der Waals surface area contributed by atoms with E-state index < -0.39 is 0 Å². The van der Waals surface area contributed by atoms with Gasteiger partial charge in [0.05, 0.1) is 5.75 Å². The lowest BCUT2D eigenvalue weighted by molar-refractivity contribution is -0.114. The summed E-state index contributed by atoms with van der Waals surface area (Å²) in [6.07, 6.45) is 5.12. The zero-order valence-electron chi connectivity index (χ0n) is 13.6. The second kappa shape index (κ2) is 8.93. The highest BCUT2D eigenvalue weighted by atomic mass is 32.2. The van der Waals surface area contributed by atoms with Gasteiger partial charge >= 0.3 is 0 Å². The van der Waals surface area contributed by atoms with Crippen LogP contribution in [-0.4, -0.2) is 27.3 Å². The highest BCUT2D eigenvalue weighted by Crippen LogP contribution is 2.16. The highest BCUT2D eigenvalue weighted by molar-refractivity contribution is 8.00. The fourth-order valence-corrected chi connectivity index (χ4v) is 2.70. The molecule has 0 aliphatic rings. The summed E-state index contributed by atoms with van der Waals surface area (Å²) in [6, 6.07) is 13.5. The van der Waals surface area contributed by atoms with Crippen molar-refractivity contribution in [2.24, 2.45) is 0 Å². The molecule has 5 heteroatoms. The molecular weight excluding hydrogens is 320 g/mol. The lowest BCUT2D eigenvalue weighted by atomic mass is 10.1. The number of thioether (sulfide) groups is 1. The Labute approximate surface area is 145 Å². The highest BCUT2D eigenvalue weighted by Gasteiger charge is 2.04. The van der Waals surface area contributed by atoms with Crippen molar-refractivity contribution < 1.29 is 9.59 Å². The Balaban J connectivity index is 0.000000177. The summed E-state index contributed by atoms with van der Waals surface area (Å²) in [5.74, 6) is 0.757. The molecule has 2 aromatic heterocycles. The molecule has 0 radical (unpaired) electrons. The van der Waals surface area contributed by atoms with Gasteiger partial charge in [0.25, 0.3) is 0 Å². The summed E-state index contributed by atoms with van der Waals surface area (Å²) in [6.45, 7) is 3.13. The fraction of sp³-hybridized carbons (Fsp3) is 0.158. The molecule has 0 saturated carbocycles. The van der Waals surface area contributed by atoms with Gasteiger partial charge in [-0.25, -0.2) is 0 Å². The number of benzene rings is 1. The SMILES string of the molecule is CC(=O)CSc1ccncc1.CC(=O)c1nccc2ccccc12. The van der Waals surface area contributed by atoms with Crippen LogP contribution in [0.25, 0.3) is 10.8 Å². The van der Waals surface area contributed by atoms with Crippen LogP contribution >= 0.6 is 11.8 Å². The number of carbonyl (C=O) groups is 2. The van der Waals surface area contributed by atoms with E-state index in [9.17, 15) is 9.59 Å². The molecule has 24 heavy (non-hydrogen) atoms. The molecule has 0 spiro atoms. The Bertz CT molecular complexity index is 830. The van der Waals surface area contributed by atoms with Crippen molar-refractivity contribution in [2.45, 2.75) is 18.7 Å². The predicted octanol–water partition coefficient (Wildman–Crippen LogP) is 4.20. The number of rotatable bonds is 4. The van der Waals surface area contributed by atoms with E-state index in [1.54, 1.807) is 25.5 Å². The number of nitrogens with zero attached hydrogens (tertiary/aromatic N) is 2. The molecule has 0 unspecified atom stereocenters. The first-order valence-corrected chi connectivity index (χ1v) is 8.43. The van der Waals surface area contributed by atoms with Crippen LogP contribution < -0.4 is 0 Å². The van der Waals surface area contributed by atoms with E-state index >= 15 is 0 Å². The standard InChI is InChI=1S/C11H9NO.C8H9NOS/c1-8(13)11-10-5-3-2-4-9(10)6-7-12-11;1-7(10)6-11-8-2-4-9-5-3-8/h2-7H,1H3;2-5H,6H2,1H3. The van der Waals surface area contributed by atoms with Crippen LogP contribution in [0.3, 0.4) is 0 Å². The van der Waals surface area contributed by atoms with Crippen molar-refractivity contribution >= 4 is 34.1 Å². The summed E-state index contributed by atoms with van der Waals surface area (Å²) < 4.78 is 0. The molecular formula is C19H18N2O2S. The van der Waals surface area contributed by atoms with Crippen molar-refractivity contribution in [3.05, 3.63) is 66.7 Å². The Morgan fingerprint density at radius 3 is 2.33 bits per heavy atom. The van der Waals surface area contributed by atoms with Gasteiger partial charge in [-0.1, -0.05) is 24.3 Å². The molecule has 0 aliphatic carbocycles. The molecule has 0 fully saturated rings. The molecule has 2 heterocycles. The molecule has 3 aromatic rings. The van der Waals surface area contributed by atoms with E-state index in [0.717, 1.165) is 15.7 Å². The van der Waals surface area contributed by atoms with Gasteiger partial charge in [-0.15, -0.1) is 11.8 Å². The van der Waals surface area contributed by atoms with E-state index in [-0.39, 0.29) is 11.6 Å². The van der Waals surface area contributed by atoms with E-state index in [0.29, 0.717) is 11.4 Å². The minimum absolute atomic E-state index is 0.0109.